The summed E-state index contributed by atoms with van der Waals surface area (Å²) in [6.45, 7) is 3.81. The first-order valence-electron chi connectivity index (χ1n) is 14.1. The number of amidine groups is 2. The Hall–Kier alpha value is -4.46. The van der Waals surface area contributed by atoms with Crippen LogP contribution in [-0.4, -0.2) is 49.7 Å². The van der Waals surface area contributed by atoms with E-state index in [1.807, 2.05) is 48.5 Å². The fourth-order valence-electron chi connectivity index (χ4n) is 4.71. The van der Waals surface area contributed by atoms with Crippen molar-refractivity contribution in [3.05, 3.63) is 95.1 Å². The minimum atomic E-state index is -0.217. The molecule has 3 aromatic rings. The van der Waals surface area contributed by atoms with E-state index in [1.54, 1.807) is 24.3 Å². The first-order chi connectivity index (χ1) is 19.6. The maximum Gasteiger partial charge on any atom is 0.255 e. The third-order valence-corrected chi connectivity index (χ3v) is 7.07. The number of nitrogens with one attached hydrogen (secondary N) is 4. The highest BCUT2D eigenvalue weighted by Gasteiger charge is 2.11. The van der Waals surface area contributed by atoms with E-state index in [1.165, 1.54) is 11.1 Å². The SMILES string of the molecule is O=C(Nc1ccc(CCC2=NCCCN2)cc1)c1ccc(C(=O)Nc2ccc(CCC3=NCCCN3)cc2)cc1. The summed E-state index contributed by atoms with van der Waals surface area (Å²) < 4.78 is 0. The number of rotatable bonds is 10. The lowest BCUT2D eigenvalue weighted by Gasteiger charge is -2.14. The van der Waals surface area contributed by atoms with Gasteiger partial charge in [0.25, 0.3) is 11.8 Å². The average molecular weight is 537 g/mol. The molecule has 2 heterocycles. The fourth-order valence-corrected chi connectivity index (χ4v) is 4.71. The van der Waals surface area contributed by atoms with Crippen LogP contribution in [0.15, 0.2) is 82.8 Å². The highest BCUT2D eigenvalue weighted by Crippen LogP contribution is 2.16. The summed E-state index contributed by atoms with van der Waals surface area (Å²) in [5, 5.41) is 12.6. The Morgan fingerprint density at radius 2 is 0.975 bits per heavy atom. The zero-order valence-corrected chi connectivity index (χ0v) is 22.7. The topological polar surface area (TPSA) is 107 Å². The van der Waals surface area contributed by atoms with Gasteiger partial charge in [-0.2, -0.15) is 0 Å². The van der Waals surface area contributed by atoms with E-state index in [2.05, 4.69) is 31.3 Å². The van der Waals surface area contributed by atoms with Crippen LogP contribution in [0.3, 0.4) is 0 Å². The van der Waals surface area contributed by atoms with Gasteiger partial charge in [0, 0.05) is 61.5 Å². The predicted molar refractivity (Wildman–Crippen MR) is 162 cm³/mol. The summed E-state index contributed by atoms with van der Waals surface area (Å²) in [4.78, 5) is 34.5. The van der Waals surface area contributed by atoms with Gasteiger partial charge < -0.3 is 21.3 Å². The number of carbonyl (C=O) groups excluding carboxylic acids is 2. The number of nitrogens with zero attached hydrogens (tertiary/aromatic N) is 2. The summed E-state index contributed by atoms with van der Waals surface area (Å²) >= 11 is 0. The molecule has 0 aromatic heterocycles. The molecule has 2 aliphatic heterocycles. The van der Waals surface area contributed by atoms with Crippen LogP contribution in [0.25, 0.3) is 0 Å². The molecular weight excluding hydrogens is 500 g/mol. The molecule has 0 aliphatic carbocycles. The van der Waals surface area contributed by atoms with Crippen LogP contribution in [0, 0.1) is 0 Å². The van der Waals surface area contributed by atoms with Gasteiger partial charge in [-0.3, -0.25) is 19.6 Å². The third-order valence-electron chi connectivity index (χ3n) is 7.07. The van der Waals surface area contributed by atoms with E-state index < -0.39 is 0 Å². The Labute approximate surface area is 235 Å². The van der Waals surface area contributed by atoms with Crippen molar-refractivity contribution in [2.24, 2.45) is 9.98 Å². The van der Waals surface area contributed by atoms with Gasteiger partial charge in [0.15, 0.2) is 0 Å². The van der Waals surface area contributed by atoms with Crippen LogP contribution < -0.4 is 21.3 Å². The zero-order chi connectivity index (χ0) is 27.6. The van der Waals surface area contributed by atoms with Gasteiger partial charge in [0.2, 0.25) is 0 Å². The van der Waals surface area contributed by atoms with Crippen molar-refractivity contribution in [1.82, 2.24) is 10.6 Å². The standard InChI is InChI=1S/C32H36N6O2/c39-31(37-27-13-3-23(4-14-27)7-17-29-33-19-1-20-34-29)25-9-11-26(12-10-25)32(40)38-28-15-5-24(6-16-28)8-18-30-35-21-2-22-36-30/h3-6,9-16H,1-2,7-8,17-22H2,(H,33,34)(H,35,36)(H,37,39)(H,38,40). The summed E-state index contributed by atoms with van der Waals surface area (Å²) in [7, 11) is 0. The van der Waals surface area contributed by atoms with E-state index >= 15 is 0 Å². The molecule has 0 radical (unpaired) electrons. The Bertz CT molecular complexity index is 1260. The maximum absolute atomic E-state index is 12.7. The molecule has 8 nitrogen and oxygen atoms in total. The molecule has 206 valence electrons. The molecule has 0 bridgehead atoms. The second-order valence-corrected chi connectivity index (χ2v) is 10.1. The largest absolute Gasteiger partial charge is 0.374 e. The van der Waals surface area contributed by atoms with Gasteiger partial charge in [-0.25, -0.2) is 0 Å². The van der Waals surface area contributed by atoms with Crippen LogP contribution in [0.2, 0.25) is 0 Å². The summed E-state index contributed by atoms with van der Waals surface area (Å²) in [5.74, 6) is 1.72. The van der Waals surface area contributed by atoms with Gasteiger partial charge in [-0.15, -0.1) is 0 Å². The summed E-state index contributed by atoms with van der Waals surface area (Å²) in [5.41, 5.74) is 4.84. The minimum absolute atomic E-state index is 0.217. The molecule has 0 saturated heterocycles. The first-order valence-corrected chi connectivity index (χ1v) is 14.1. The molecule has 3 aromatic carbocycles. The summed E-state index contributed by atoms with van der Waals surface area (Å²) in [6, 6.07) is 22.4. The summed E-state index contributed by atoms with van der Waals surface area (Å²) in [6.07, 6.45) is 5.79. The van der Waals surface area contributed by atoms with E-state index in [4.69, 9.17) is 0 Å². The van der Waals surface area contributed by atoms with Crippen molar-refractivity contribution < 1.29 is 9.59 Å². The molecule has 0 unspecified atom stereocenters. The Kier molecular flexibility index (Phi) is 9.19. The molecule has 0 spiro atoms. The van der Waals surface area contributed by atoms with Gasteiger partial charge in [0.05, 0.1) is 11.7 Å². The molecule has 5 rings (SSSR count). The lowest BCUT2D eigenvalue weighted by molar-refractivity contribution is 0.101. The quantitative estimate of drug-likeness (QED) is 0.297. The Morgan fingerprint density at radius 1 is 0.575 bits per heavy atom. The van der Waals surface area contributed by atoms with Crippen molar-refractivity contribution >= 4 is 34.9 Å². The van der Waals surface area contributed by atoms with Crippen molar-refractivity contribution in [2.75, 3.05) is 36.8 Å². The van der Waals surface area contributed by atoms with Gasteiger partial charge >= 0.3 is 0 Å². The Morgan fingerprint density at radius 3 is 1.32 bits per heavy atom. The average Bonchev–Trinajstić information content (AvgIpc) is 3.01. The number of aryl methyl sites for hydroxylation is 2. The van der Waals surface area contributed by atoms with Crippen LogP contribution in [0.1, 0.15) is 57.5 Å². The predicted octanol–water partition coefficient (Wildman–Crippen LogP) is 4.84. The number of hydrogen-bond acceptors (Lipinski definition) is 6. The molecule has 8 heteroatoms. The smallest absolute Gasteiger partial charge is 0.255 e. The van der Waals surface area contributed by atoms with Crippen molar-refractivity contribution in [1.29, 1.82) is 0 Å². The van der Waals surface area contributed by atoms with E-state index in [0.29, 0.717) is 11.1 Å². The molecule has 2 aliphatic rings. The normalized spacial score (nSPS) is 14.7. The van der Waals surface area contributed by atoms with Crippen LogP contribution in [0.4, 0.5) is 11.4 Å². The second kappa shape index (κ2) is 13.6. The van der Waals surface area contributed by atoms with Gasteiger partial charge in [-0.1, -0.05) is 24.3 Å². The second-order valence-electron chi connectivity index (χ2n) is 10.1. The number of anilines is 2. The lowest BCUT2D eigenvalue weighted by Crippen LogP contribution is -2.29. The van der Waals surface area contributed by atoms with Crippen LogP contribution in [0.5, 0.6) is 0 Å². The highest BCUT2D eigenvalue weighted by molar-refractivity contribution is 6.07. The number of benzene rings is 3. The van der Waals surface area contributed by atoms with Crippen LogP contribution >= 0.6 is 0 Å². The maximum atomic E-state index is 12.7. The van der Waals surface area contributed by atoms with E-state index in [9.17, 15) is 9.59 Å². The Balaban J connectivity index is 1.08. The van der Waals surface area contributed by atoms with Crippen molar-refractivity contribution in [3.63, 3.8) is 0 Å². The molecular formula is C32H36N6O2. The number of carbonyl (C=O) groups is 2. The highest BCUT2D eigenvalue weighted by atomic mass is 16.2. The number of amides is 2. The molecule has 0 atom stereocenters. The minimum Gasteiger partial charge on any atom is -0.374 e. The van der Waals surface area contributed by atoms with Crippen LogP contribution in [-0.2, 0) is 12.8 Å². The number of hydrogen-bond donors (Lipinski definition) is 4. The lowest BCUT2D eigenvalue weighted by atomic mass is 10.1. The molecule has 0 fully saturated rings. The van der Waals surface area contributed by atoms with Gasteiger partial charge in [-0.05, 0) is 85.3 Å². The van der Waals surface area contributed by atoms with Crippen molar-refractivity contribution in [3.8, 4) is 0 Å². The molecule has 0 saturated carbocycles. The first kappa shape index (κ1) is 27.1. The van der Waals surface area contributed by atoms with E-state index in [-0.39, 0.29) is 11.8 Å². The van der Waals surface area contributed by atoms with Gasteiger partial charge in [0.1, 0.15) is 0 Å². The monoisotopic (exact) mass is 536 g/mol. The zero-order valence-electron chi connectivity index (χ0n) is 22.7. The fraction of sp³-hybridized carbons (Fsp3) is 0.312. The number of aliphatic imine (C=N–C) groups is 2. The van der Waals surface area contributed by atoms with E-state index in [0.717, 1.165) is 87.7 Å². The molecule has 2 amide bonds. The van der Waals surface area contributed by atoms with Crippen molar-refractivity contribution in [2.45, 2.75) is 38.5 Å². The molecule has 40 heavy (non-hydrogen) atoms. The third kappa shape index (κ3) is 7.79. The molecule has 4 N–H and O–H groups in total.